The molecule has 6 heteroatoms. The first kappa shape index (κ1) is 12.9. The maximum absolute atomic E-state index is 12.6. The standard InChI is InChI=1S/C14H18N4O2/c19-10-17-6-8-18(9-7-17)14(20)12-2-1-5-15-13(12)16-11-3-4-11/h1-2,5,10-11H,3-4,6-9H2,(H,15,16). The number of nitrogens with one attached hydrogen (secondary N) is 1. The summed E-state index contributed by atoms with van der Waals surface area (Å²) in [5, 5.41) is 3.30. The lowest BCUT2D eigenvalue weighted by atomic mass is 10.2. The van der Waals surface area contributed by atoms with Crippen molar-refractivity contribution in [3.63, 3.8) is 0 Å². The van der Waals surface area contributed by atoms with Crippen LogP contribution < -0.4 is 5.32 Å². The Hall–Kier alpha value is -2.11. The van der Waals surface area contributed by atoms with Crippen LogP contribution in [-0.2, 0) is 4.79 Å². The van der Waals surface area contributed by atoms with Crippen molar-refractivity contribution in [1.29, 1.82) is 0 Å². The van der Waals surface area contributed by atoms with E-state index in [9.17, 15) is 9.59 Å². The van der Waals surface area contributed by atoms with Crippen LogP contribution in [0, 0.1) is 0 Å². The van der Waals surface area contributed by atoms with Crippen LogP contribution in [0.1, 0.15) is 23.2 Å². The third kappa shape index (κ3) is 2.74. The minimum atomic E-state index is -0.00759. The third-order valence-electron chi connectivity index (χ3n) is 3.71. The smallest absolute Gasteiger partial charge is 0.257 e. The van der Waals surface area contributed by atoms with Gasteiger partial charge in [-0.1, -0.05) is 0 Å². The molecule has 2 aliphatic rings. The van der Waals surface area contributed by atoms with Gasteiger partial charge < -0.3 is 15.1 Å². The third-order valence-corrected chi connectivity index (χ3v) is 3.71. The molecule has 2 amide bonds. The zero-order valence-corrected chi connectivity index (χ0v) is 11.3. The molecule has 0 radical (unpaired) electrons. The highest BCUT2D eigenvalue weighted by atomic mass is 16.2. The predicted molar refractivity (Wildman–Crippen MR) is 74.4 cm³/mol. The first-order chi connectivity index (χ1) is 9.78. The van der Waals surface area contributed by atoms with Crippen molar-refractivity contribution >= 4 is 18.1 Å². The second-order valence-electron chi connectivity index (χ2n) is 5.25. The molecule has 106 valence electrons. The fraction of sp³-hybridized carbons (Fsp3) is 0.500. The maximum Gasteiger partial charge on any atom is 0.257 e. The Morgan fingerprint density at radius 2 is 2.05 bits per heavy atom. The number of amides is 2. The Morgan fingerprint density at radius 3 is 2.70 bits per heavy atom. The van der Waals surface area contributed by atoms with E-state index in [0.29, 0.717) is 43.6 Å². The number of rotatable bonds is 4. The first-order valence-electron chi connectivity index (χ1n) is 6.98. The number of nitrogens with zero attached hydrogens (tertiary/aromatic N) is 3. The van der Waals surface area contributed by atoms with E-state index in [1.807, 2.05) is 6.07 Å². The number of pyridine rings is 1. The van der Waals surface area contributed by atoms with Gasteiger partial charge in [-0.3, -0.25) is 9.59 Å². The van der Waals surface area contributed by atoms with Crippen LogP contribution in [0.3, 0.4) is 0 Å². The summed E-state index contributed by atoms with van der Waals surface area (Å²) in [6.07, 6.45) is 4.82. The Bertz CT molecular complexity index is 508. The lowest BCUT2D eigenvalue weighted by molar-refractivity contribution is -0.119. The van der Waals surface area contributed by atoms with Crippen LogP contribution >= 0.6 is 0 Å². The zero-order chi connectivity index (χ0) is 13.9. The van der Waals surface area contributed by atoms with Gasteiger partial charge in [0.2, 0.25) is 6.41 Å². The molecule has 0 aromatic carbocycles. The van der Waals surface area contributed by atoms with Gasteiger partial charge in [0.25, 0.3) is 5.91 Å². The molecule has 0 bridgehead atoms. The Morgan fingerprint density at radius 1 is 1.30 bits per heavy atom. The topological polar surface area (TPSA) is 65.5 Å². The molecule has 1 aliphatic heterocycles. The molecule has 1 aromatic heterocycles. The number of anilines is 1. The van der Waals surface area contributed by atoms with E-state index < -0.39 is 0 Å². The number of aromatic nitrogens is 1. The van der Waals surface area contributed by atoms with Crippen molar-refractivity contribution < 1.29 is 9.59 Å². The molecule has 2 heterocycles. The van der Waals surface area contributed by atoms with Crippen molar-refractivity contribution in [2.24, 2.45) is 0 Å². The van der Waals surface area contributed by atoms with Crippen molar-refractivity contribution in [3.8, 4) is 0 Å². The molecule has 20 heavy (non-hydrogen) atoms. The average molecular weight is 274 g/mol. The molecule has 2 fully saturated rings. The summed E-state index contributed by atoms with van der Waals surface area (Å²) in [7, 11) is 0. The molecule has 0 atom stereocenters. The highest BCUT2D eigenvalue weighted by Crippen LogP contribution is 2.26. The molecule has 0 unspecified atom stereocenters. The molecule has 1 saturated heterocycles. The van der Waals surface area contributed by atoms with Gasteiger partial charge in [-0.25, -0.2) is 4.98 Å². The maximum atomic E-state index is 12.6. The fourth-order valence-electron chi connectivity index (χ4n) is 2.31. The minimum absolute atomic E-state index is 0.00759. The number of carbonyl (C=O) groups is 2. The molecule has 3 rings (SSSR count). The van der Waals surface area contributed by atoms with Crippen molar-refractivity contribution in [2.45, 2.75) is 18.9 Å². The van der Waals surface area contributed by atoms with Gasteiger partial charge in [-0.15, -0.1) is 0 Å². The van der Waals surface area contributed by atoms with Crippen molar-refractivity contribution in [3.05, 3.63) is 23.9 Å². The summed E-state index contributed by atoms with van der Waals surface area (Å²) < 4.78 is 0. The van der Waals surface area contributed by atoms with Crippen LogP contribution in [-0.4, -0.2) is 59.3 Å². The van der Waals surface area contributed by atoms with Gasteiger partial charge in [0.15, 0.2) is 0 Å². The van der Waals surface area contributed by atoms with E-state index in [2.05, 4.69) is 10.3 Å². The lowest BCUT2D eigenvalue weighted by Crippen LogP contribution is -2.48. The number of hydrogen-bond acceptors (Lipinski definition) is 4. The van der Waals surface area contributed by atoms with E-state index in [0.717, 1.165) is 19.3 Å². The normalized spacial score (nSPS) is 18.8. The molecule has 6 nitrogen and oxygen atoms in total. The number of carbonyl (C=O) groups excluding carboxylic acids is 2. The van der Waals surface area contributed by atoms with Gasteiger partial charge in [-0.05, 0) is 25.0 Å². The van der Waals surface area contributed by atoms with Crippen LogP contribution in [0.25, 0.3) is 0 Å². The van der Waals surface area contributed by atoms with Gasteiger partial charge in [0.05, 0.1) is 5.56 Å². The van der Waals surface area contributed by atoms with Crippen LogP contribution in [0.5, 0.6) is 0 Å². The van der Waals surface area contributed by atoms with E-state index >= 15 is 0 Å². The molecule has 1 aromatic rings. The molecule has 1 aliphatic carbocycles. The highest BCUT2D eigenvalue weighted by Gasteiger charge is 2.27. The van der Waals surface area contributed by atoms with Crippen LogP contribution in [0.15, 0.2) is 18.3 Å². The van der Waals surface area contributed by atoms with E-state index in [1.54, 1.807) is 22.1 Å². The Balaban J connectivity index is 1.71. The highest BCUT2D eigenvalue weighted by molar-refractivity contribution is 5.98. The minimum Gasteiger partial charge on any atom is -0.367 e. The zero-order valence-electron chi connectivity index (χ0n) is 11.3. The largest absolute Gasteiger partial charge is 0.367 e. The average Bonchev–Trinajstić information content (AvgIpc) is 3.31. The summed E-state index contributed by atoms with van der Waals surface area (Å²) in [5.74, 6) is 0.671. The quantitative estimate of drug-likeness (QED) is 0.815. The first-order valence-corrected chi connectivity index (χ1v) is 6.98. The summed E-state index contributed by atoms with van der Waals surface area (Å²) in [6, 6.07) is 4.06. The summed E-state index contributed by atoms with van der Waals surface area (Å²) >= 11 is 0. The van der Waals surface area contributed by atoms with Gasteiger partial charge >= 0.3 is 0 Å². The molecule has 1 saturated carbocycles. The Kier molecular flexibility index (Phi) is 3.54. The molecular weight excluding hydrogens is 256 g/mol. The summed E-state index contributed by atoms with van der Waals surface area (Å²) in [5.41, 5.74) is 0.624. The Labute approximate surface area is 117 Å². The van der Waals surface area contributed by atoms with E-state index in [4.69, 9.17) is 0 Å². The van der Waals surface area contributed by atoms with Crippen LogP contribution in [0.4, 0.5) is 5.82 Å². The fourth-order valence-corrected chi connectivity index (χ4v) is 2.31. The van der Waals surface area contributed by atoms with E-state index in [-0.39, 0.29) is 5.91 Å². The summed E-state index contributed by atoms with van der Waals surface area (Å²) in [6.45, 7) is 2.35. The lowest BCUT2D eigenvalue weighted by Gasteiger charge is -2.32. The molecule has 0 spiro atoms. The monoisotopic (exact) mass is 274 g/mol. The number of piperazine rings is 1. The van der Waals surface area contributed by atoms with Gasteiger partial charge in [0.1, 0.15) is 5.82 Å². The second kappa shape index (κ2) is 5.48. The predicted octanol–water partition coefficient (Wildman–Crippen LogP) is 0.570. The second-order valence-corrected chi connectivity index (χ2v) is 5.25. The SMILES string of the molecule is O=CN1CCN(C(=O)c2cccnc2NC2CC2)CC1. The van der Waals surface area contributed by atoms with Gasteiger partial charge in [-0.2, -0.15) is 0 Å². The molecular formula is C14H18N4O2. The van der Waals surface area contributed by atoms with E-state index in [1.165, 1.54) is 0 Å². The summed E-state index contributed by atoms with van der Waals surface area (Å²) in [4.78, 5) is 31.0. The number of hydrogen-bond donors (Lipinski definition) is 1. The molecule has 1 N–H and O–H groups in total. The van der Waals surface area contributed by atoms with Gasteiger partial charge in [0, 0.05) is 38.4 Å². The van der Waals surface area contributed by atoms with Crippen molar-refractivity contribution in [2.75, 3.05) is 31.5 Å². The van der Waals surface area contributed by atoms with Crippen LogP contribution in [0.2, 0.25) is 0 Å². The van der Waals surface area contributed by atoms with Crippen molar-refractivity contribution in [1.82, 2.24) is 14.8 Å².